The molecule has 0 amide bonds. The van der Waals surface area contributed by atoms with Gasteiger partial charge in [-0.2, -0.15) is 5.10 Å². The van der Waals surface area contributed by atoms with Crippen molar-refractivity contribution in [2.24, 2.45) is 0 Å². The molecule has 0 bridgehead atoms. The van der Waals surface area contributed by atoms with Crippen LogP contribution in [0.2, 0.25) is 5.02 Å². The first-order valence-electron chi connectivity index (χ1n) is 5.88. The molecule has 0 atom stereocenters. The highest BCUT2D eigenvalue weighted by Gasteiger charge is 2.02. The number of hydrogen-bond donors (Lipinski definition) is 1. The Labute approximate surface area is 116 Å². The number of benzene rings is 1. The van der Waals surface area contributed by atoms with Crippen molar-refractivity contribution in [1.82, 2.24) is 9.78 Å². The van der Waals surface area contributed by atoms with Gasteiger partial charge in [-0.3, -0.25) is 4.68 Å². The molecule has 0 saturated heterocycles. The van der Waals surface area contributed by atoms with Crippen molar-refractivity contribution in [3.8, 4) is 0 Å². The van der Waals surface area contributed by atoms with Gasteiger partial charge in [-0.1, -0.05) is 17.7 Å². The molecule has 19 heavy (non-hydrogen) atoms. The third kappa shape index (κ3) is 3.94. The zero-order valence-electron chi connectivity index (χ0n) is 10.6. The van der Waals surface area contributed by atoms with Gasteiger partial charge in [0.05, 0.1) is 30.1 Å². The summed E-state index contributed by atoms with van der Waals surface area (Å²) in [6, 6.07) is 4.76. The summed E-state index contributed by atoms with van der Waals surface area (Å²) >= 11 is 5.63. The fourth-order valence-electron chi connectivity index (χ4n) is 1.62. The minimum absolute atomic E-state index is 0.135. The van der Waals surface area contributed by atoms with E-state index in [1.807, 2.05) is 6.20 Å². The van der Waals surface area contributed by atoms with E-state index in [9.17, 15) is 4.39 Å². The minimum atomic E-state index is -0.406. The Bertz CT molecular complexity index is 544. The van der Waals surface area contributed by atoms with Crippen LogP contribution in [0, 0.1) is 5.82 Å². The second-order valence-electron chi connectivity index (χ2n) is 4.09. The summed E-state index contributed by atoms with van der Waals surface area (Å²) in [4.78, 5) is 0. The smallest absolute Gasteiger partial charge is 0.142 e. The molecule has 0 aliphatic rings. The molecule has 102 valence electrons. The monoisotopic (exact) mass is 283 g/mol. The van der Waals surface area contributed by atoms with E-state index in [4.69, 9.17) is 16.3 Å². The van der Waals surface area contributed by atoms with Gasteiger partial charge in [0.2, 0.25) is 0 Å². The van der Waals surface area contributed by atoms with Crippen molar-refractivity contribution >= 4 is 17.3 Å². The Hall–Kier alpha value is -1.59. The fraction of sp³-hybridized carbons (Fsp3) is 0.308. The number of nitrogens with zero attached hydrogens (tertiary/aromatic N) is 2. The average molecular weight is 284 g/mol. The Kier molecular flexibility index (Phi) is 4.76. The third-order valence-corrected chi connectivity index (χ3v) is 2.94. The van der Waals surface area contributed by atoms with Gasteiger partial charge in [-0.15, -0.1) is 0 Å². The number of anilines is 1. The Balaban J connectivity index is 1.91. The second-order valence-corrected chi connectivity index (χ2v) is 4.49. The fourth-order valence-corrected chi connectivity index (χ4v) is 1.73. The number of nitrogens with one attached hydrogen (secondary N) is 1. The van der Waals surface area contributed by atoms with E-state index >= 15 is 0 Å². The summed E-state index contributed by atoms with van der Waals surface area (Å²) in [5.74, 6) is -0.406. The molecule has 0 aliphatic carbocycles. The molecular formula is C13H15ClFN3O. The molecule has 2 rings (SSSR count). The molecular weight excluding hydrogens is 269 g/mol. The van der Waals surface area contributed by atoms with E-state index in [1.165, 1.54) is 6.07 Å². The largest absolute Gasteiger partial charge is 0.383 e. The Morgan fingerprint density at radius 1 is 1.47 bits per heavy atom. The lowest BCUT2D eigenvalue weighted by molar-refractivity contribution is 0.183. The summed E-state index contributed by atoms with van der Waals surface area (Å²) < 4.78 is 20.0. The van der Waals surface area contributed by atoms with Crippen LogP contribution in [0.4, 0.5) is 10.1 Å². The van der Waals surface area contributed by atoms with Gasteiger partial charge < -0.3 is 10.1 Å². The SMILES string of the molecule is COCCn1cc(NCc2ccc(Cl)c(F)c2)cn1. The van der Waals surface area contributed by atoms with E-state index in [0.29, 0.717) is 19.7 Å². The highest BCUT2D eigenvalue weighted by molar-refractivity contribution is 6.30. The van der Waals surface area contributed by atoms with E-state index < -0.39 is 5.82 Å². The zero-order valence-corrected chi connectivity index (χ0v) is 11.3. The van der Waals surface area contributed by atoms with Gasteiger partial charge in [0.25, 0.3) is 0 Å². The van der Waals surface area contributed by atoms with Crippen molar-refractivity contribution in [3.63, 3.8) is 0 Å². The van der Waals surface area contributed by atoms with Crippen molar-refractivity contribution in [1.29, 1.82) is 0 Å². The van der Waals surface area contributed by atoms with Crippen LogP contribution in [0.25, 0.3) is 0 Å². The van der Waals surface area contributed by atoms with Crippen LogP contribution in [0.15, 0.2) is 30.6 Å². The summed E-state index contributed by atoms with van der Waals surface area (Å²) in [5, 5.41) is 7.48. The first-order chi connectivity index (χ1) is 9.19. The average Bonchev–Trinajstić information content (AvgIpc) is 2.86. The number of hydrogen-bond acceptors (Lipinski definition) is 3. The summed E-state index contributed by atoms with van der Waals surface area (Å²) in [6.45, 7) is 1.83. The minimum Gasteiger partial charge on any atom is -0.383 e. The topological polar surface area (TPSA) is 39.1 Å². The Morgan fingerprint density at radius 2 is 2.32 bits per heavy atom. The van der Waals surface area contributed by atoms with Crippen molar-refractivity contribution in [2.45, 2.75) is 13.1 Å². The third-order valence-electron chi connectivity index (χ3n) is 2.64. The molecule has 2 aromatic rings. The molecule has 6 heteroatoms. The van der Waals surface area contributed by atoms with Gasteiger partial charge in [-0.25, -0.2) is 4.39 Å². The second kappa shape index (κ2) is 6.54. The van der Waals surface area contributed by atoms with E-state index in [0.717, 1.165) is 11.3 Å². The van der Waals surface area contributed by atoms with Gasteiger partial charge >= 0.3 is 0 Å². The molecule has 0 fully saturated rings. The zero-order chi connectivity index (χ0) is 13.7. The maximum absolute atomic E-state index is 13.3. The summed E-state index contributed by atoms with van der Waals surface area (Å²) in [7, 11) is 1.65. The van der Waals surface area contributed by atoms with Gasteiger partial charge in [0.15, 0.2) is 0 Å². The molecule has 0 spiro atoms. The molecule has 1 heterocycles. The lowest BCUT2D eigenvalue weighted by Crippen LogP contribution is -2.04. The number of aromatic nitrogens is 2. The number of methoxy groups -OCH3 is 1. The summed E-state index contributed by atoms with van der Waals surface area (Å²) in [5.41, 5.74) is 1.71. The molecule has 0 aliphatic heterocycles. The van der Waals surface area contributed by atoms with Crippen molar-refractivity contribution in [3.05, 3.63) is 47.0 Å². The molecule has 0 radical (unpaired) electrons. The van der Waals surface area contributed by atoms with Crippen LogP contribution < -0.4 is 5.32 Å². The highest BCUT2D eigenvalue weighted by atomic mass is 35.5. The number of ether oxygens (including phenoxy) is 1. The molecule has 4 nitrogen and oxygen atoms in total. The highest BCUT2D eigenvalue weighted by Crippen LogP contribution is 2.16. The van der Waals surface area contributed by atoms with Crippen LogP contribution >= 0.6 is 11.6 Å². The standard InChI is InChI=1S/C13H15ClFN3O/c1-19-5-4-18-9-11(8-17-18)16-7-10-2-3-12(14)13(15)6-10/h2-3,6,8-9,16H,4-5,7H2,1H3. The van der Waals surface area contributed by atoms with Gasteiger partial charge in [-0.05, 0) is 17.7 Å². The molecule has 0 unspecified atom stereocenters. The van der Waals surface area contributed by atoms with Crippen molar-refractivity contribution in [2.75, 3.05) is 19.0 Å². The first-order valence-corrected chi connectivity index (χ1v) is 6.26. The van der Waals surface area contributed by atoms with Crippen LogP contribution in [0.1, 0.15) is 5.56 Å². The van der Waals surface area contributed by atoms with Crippen LogP contribution in [0.5, 0.6) is 0 Å². The molecule has 1 aromatic carbocycles. The van der Waals surface area contributed by atoms with Gasteiger partial charge in [0.1, 0.15) is 5.82 Å². The molecule has 1 N–H and O–H groups in total. The molecule has 0 saturated carbocycles. The quantitative estimate of drug-likeness (QED) is 0.886. The maximum Gasteiger partial charge on any atom is 0.142 e. The lowest BCUT2D eigenvalue weighted by atomic mass is 10.2. The normalized spacial score (nSPS) is 10.7. The number of halogens is 2. The maximum atomic E-state index is 13.3. The van der Waals surface area contributed by atoms with E-state index in [2.05, 4.69) is 10.4 Å². The molecule has 1 aromatic heterocycles. The van der Waals surface area contributed by atoms with Crippen LogP contribution in [-0.4, -0.2) is 23.5 Å². The van der Waals surface area contributed by atoms with E-state index in [1.54, 1.807) is 30.1 Å². The lowest BCUT2D eigenvalue weighted by Gasteiger charge is -2.04. The van der Waals surface area contributed by atoms with Crippen molar-refractivity contribution < 1.29 is 9.13 Å². The predicted octanol–water partition coefficient (Wildman–Crippen LogP) is 2.93. The predicted molar refractivity (Wildman–Crippen MR) is 72.8 cm³/mol. The van der Waals surface area contributed by atoms with Gasteiger partial charge in [0, 0.05) is 19.9 Å². The summed E-state index contributed by atoms with van der Waals surface area (Å²) in [6.07, 6.45) is 3.60. The Morgan fingerprint density at radius 3 is 3.05 bits per heavy atom. The first kappa shape index (κ1) is 13.8. The van der Waals surface area contributed by atoms with E-state index in [-0.39, 0.29) is 5.02 Å². The van der Waals surface area contributed by atoms with Crippen LogP contribution in [-0.2, 0) is 17.8 Å². The number of rotatable bonds is 6. The van der Waals surface area contributed by atoms with Crippen LogP contribution in [0.3, 0.4) is 0 Å².